The van der Waals surface area contributed by atoms with Crippen LogP contribution in [0.25, 0.3) is 0 Å². The van der Waals surface area contributed by atoms with Crippen LogP contribution in [0.4, 0.5) is 13.2 Å². The second kappa shape index (κ2) is 6.42. The van der Waals surface area contributed by atoms with Gasteiger partial charge < -0.3 is 14.7 Å². The molecule has 0 amide bonds. The molecule has 0 aliphatic carbocycles. The SMILES string of the molecule is OCCC1CCN(CCOCC(F)(F)F)C1. The van der Waals surface area contributed by atoms with Crippen LogP contribution >= 0.6 is 0 Å². The molecule has 16 heavy (non-hydrogen) atoms. The number of aliphatic hydroxyl groups is 1. The van der Waals surface area contributed by atoms with Crippen molar-refractivity contribution in [2.45, 2.75) is 19.0 Å². The minimum atomic E-state index is -4.23. The van der Waals surface area contributed by atoms with E-state index in [2.05, 4.69) is 9.64 Å². The summed E-state index contributed by atoms with van der Waals surface area (Å²) in [6.07, 6.45) is -2.44. The molecule has 1 saturated heterocycles. The Morgan fingerprint density at radius 2 is 2.12 bits per heavy atom. The van der Waals surface area contributed by atoms with E-state index in [9.17, 15) is 13.2 Å². The Morgan fingerprint density at radius 3 is 2.75 bits per heavy atom. The molecule has 0 aromatic heterocycles. The lowest BCUT2D eigenvalue weighted by atomic mass is 10.1. The number of hydrogen-bond acceptors (Lipinski definition) is 3. The average molecular weight is 241 g/mol. The maximum atomic E-state index is 11.8. The third kappa shape index (κ3) is 5.67. The lowest BCUT2D eigenvalue weighted by molar-refractivity contribution is -0.174. The molecule has 1 aliphatic heterocycles. The molecule has 1 atom stereocenters. The molecule has 0 radical (unpaired) electrons. The molecule has 1 aliphatic rings. The largest absolute Gasteiger partial charge is 0.411 e. The van der Waals surface area contributed by atoms with Crippen LogP contribution in [-0.4, -0.2) is 55.6 Å². The Kier molecular flexibility index (Phi) is 5.51. The van der Waals surface area contributed by atoms with Crippen LogP contribution in [0, 0.1) is 5.92 Å². The molecule has 96 valence electrons. The van der Waals surface area contributed by atoms with Crippen LogP contribution < -0.4 is 0 Å². The van der Waals surface area contributed by atoms with Gasteiger partial charge >= 0.3 is 6.18 Å². The van der Waals surface area contributed by atoms with Crippen molar-refractivity contribution in [3.63, 3.8) is 0 Å². The second-order valence-corrected chi connectivity index (χ2v) is 4.14. The molecule has 0 bridgehead atoms. The van der Waals surface area contributed by atoms with Crippen molar-refractivity contribution < 1.29 is 23.0 Å². The minimum Gasteiger partial charge on any atom is -0.396 e. The molecule has 6 heteroatoms. The Morgan fingerprint density at radius 1 is 1.38 bits per heavy atom. The third-order valence-corrected chi connectivity index (χ3v) is 2.72. The average Bonchev–Trinajstić information content (AvgIpc) is 2.60. The van der Waals surface area contributed by atoms with Gasteiger partial charge in [0.25, 0.3) is 0 Å². The van der Waals surface area contributed by atoms with E-state index in [0.29, 0.717) is 12.5 Å². The Hall–Kier alpha value is -0.330. The van der Waals surface area contributed by atoms with E-state index in [-0.39, 0.29) is 13.2 Å². The van der Waals surface area contributed by atoms with Gasteiger partial charge in [-0.15, -0.1) is 0 Å². The van der Waals surface area contributed by atoms with Crippen LogP contribution in [0.2, 0.25) is 0 Å². The monoisotopic (exact) mass is 241 g/mol. The van der Waals surface area contributed by atoms with E-state index < -0.39 is 12.8 Å². The van der Waals surface area contributed by atoms with Crippen LogP contribution in [0.1, 0.15) is 12.8 Å². The summed E-state index contributed by atoms with van der Waals surface area (Å²) in [5.41, 5.74) is 0. The molecule has 3 nitrogen and oxygen atoms in total. The first-order valence-corrected chi connectivity index (χ1v) is 5.49. The molecule has 1 N–H and O–H groups in total. The van der Waals surface area contributed by atoms with Gasteiger partial charge in [0.05, 0.1) is 6.61 Å². The fourth-order valence-corrected chi connectivity index (χ4v) is 1.92. The zero-order valence-corrected chi connectivity index (χ0v) is 9.17. The van der Waals surface area contributed by atoms with Crippen molar-refractivity contribution in [2.75, 3.05) is 39.5 Å². The Bertz CT molecular complexity index is 199. The van der Waals surface area contributed by atoms with Gasteiger partial charge in [0.2, 0.25) is 0 Å². The van der Waals surface area contributed by atoms with Gasteiger partial charge in [0.1, 0.15) is 6.61 Å². The summed E-state index contributed by atoms with van der Waals surface area (Å²) in [5.74, 6) is 0.479. The highest BCUT2D eigenvalue weighted by Gasteiger charge is 2.27. The number of nitrogens with zero attached hydrogens (tertiary/aromatic N) is 1. The first-order chi connectivity index (χ1) is 7.51. The molecular weight excluding hydrogens is 223 g/mol. The summed E-state index contributed by atoms with van der Waals surface area (Å²) in [6, 6.07) is 0. The second-order valence-electron chi connectivity index (χ2n) is 4.14. The fraction of sp³-hybridized carbons (Fsp3) is 1.00. The normalized spacial score (nSPS) is 22.9. The van der Waals surface area contributed by atoms with E-state index >= 15 is 0 Å². The smallest absolute Gasteiger partial charge is 0.396 e. The summed E-state index contributed by atoms with van der Waals surface area (Å²) in [5, 5.41) is 8.75. The Balaban J connectivity index is 2.02. The number of halogens is 3. The summed E-state index contributed by atoms with van der Waals surface area (Å²) >= 11 is 0. The van der Waals surface area contributed by atoms with Crippen molar-refractivity contribution in [3.8, 4) is 0 Å². The zero-order chi connectivity index (χ0) is 12.0. The first kappa shape index (κ1) is 13.7. The van der Waals surface area contributed by atoms with Crippen molar-refractivity contribution in [3.05, 3.63) is 0 Å². The van der Waals surface area contributed by atoms with E-state index in [0.717, 1.165) is 25.9 Å². The van der Waals surface area contributed by atoms with Crippen LogP contribution in [0.3, 0.4) is 0 Å². The van der Waals surface area contributed by atoms with E-state index in [1.807, 2.05) is 0 Å². The highest BCUT2D eigenvalue weighted by molar-refractivity contribution is 4.74. The fourth-order valence-electron chi connectivity index (χ4n) is 1.92. The number of hydrogen-bond donors (Lipinski definition) is 1. The molecule has 0 aromatic rings. The highest BCUT2D eigenvalue weighted by atomic mass is 19.4. The molecule has 0 spiro atoms. The van der Waals surface area contributed by atoms with Crippen molar-refractivity contribution >= 4 is 0 Å². The van der Waals surface area contributed by atoms with E-state index in [1.165, 1.54) is 0 Å². The summed E-state index contributed by atoms with van der Waals surface area (Å²) in [6.45, 7) is 1.42. The standard InChI is InChI=1S/C10H18F3NO2/c11-10(12,13)8-16-6-4-14-3-1-9(7-14)2-5-15/h9,15H,1-8H2. The molecule has 0 aromatic carbocycles. The Labute approximate surface area is 93.2 Å². The maximum Gasteiger partial charge on any atom is 0.411 e. The number of ether oxygens (including phenoxy) is 1. The van der Waals surface area contributed by atoms with Gasteiger partial charge in [-0.2, -0.15) is 13.2 Å². The summed E-state index contributed by atoms with van der Waals surface area (Å²) in [4.78, 5) is 2.08. The third-order valence-electron chi connectivity index (χ3n) is 2.72. The van der Waals surface area contributed by atoms with Crippen LogP contribution in [0.5, 0.6) is 0 Å². The predicted molar refractivity (Wildman–Crippen MR) is 53.1 cm³/mol. The van der Waals surface area contributed by atoms with Crippen LogP contribution in [-0.2, 0) is 4.74 Å². The van der Waals surface area contributed by atoms with Crippen molar-refractivity contribution in [1.29, 1.82) is 0 Å². The van der Waals surface area contributed by atoms with Gasteiger partial charge in [0.15, 0.2) is 0 Å². The van der Waals surface area contributed by atoms with Gasteiger partial charge in [-0.05, 0) is 25.3 Å². The number of aliphatic hydroxyl groups excluding tert-OH is 1. The predicted octanol–water partition coefficient (Wildman–Crippen LogP) is 1.27. The highest BCUT2D eigenvalue weighted by Crippen LogP contribution is 2.19. The molecule has 1 fully saturated rings. The zero-order valence-electron chi connectivity index (χ0n) is 9.17. The van der Waals surface area contributed by atoms with Gasteiger partial charge in [-0.1, -0.05) is 0 Å². The molecule has 1 heterocycles. The van der Waals surface area contributed by atoms with E-state index in [1.54, 1.807) is 0 Å². The molecule has 1 rings (SSSR count). The van der Waals surface area contributed by atoms with Crippen LogP contribution in [0.15, 0.2) is 0 Å². The first-order valence-electron chi connectivity index (χ1n) is 5.49. The van der Waals surface area contributed by atoms with Gasteiger partial charge in [-0.3, -0.25) is 0 Å². The maximum absolute atomic E-state index is 11.8. The topological polar surface area (TPSA) is 32.7 Å². The molecule has 0 saturated carbocycles. The van der Waals surface area contributed by atoms with Gasteiger partial charge in [0, 0.05) is 19.7 Å². The molecular formula is C10H18F3NO2. The van der Waals surface area contributed by atoms with Crippen molar-refractivity contribution in [2.24, 2.45) is 5.92 Å². The summed E-state index contributed by atoms with van der Waals surface area (Å²) < 4.78 is 39.8. The minimum absolute atomic E-state index is 0.116. The lowest BCUT2D eigenvalue weighted by Crippen LogP contribution is -2.27. The number of rotatable bonds is 6. The van der Waals surface area contributed by atoms with E-state index in [4.69, 9.17) is 5.11 Å². The lowest BCUT2D eigenvalue weighted by Gasteiger charge is -2.16. The van der Waals surface area contributed by atoms with Crippen molar-refractivity contribution in [1.82, 2.24) is 4.90 Å². The van der Waals surface area contributed by atoms with Gasteiger partial charge in [-0.25, -0.2) is 0 Å². The number of likely N-dealkylation sites (tertiary alicyclic amines) is 1. The number of alkyl halides is 3. The molecule has 1 unspecified atom stereocenters. The summed E-state index contributed by atoms with van der Waals surface area (Å²) in [7, 11) is 0. The quantitative estimate of drug-likeness (QED) is 0.711.